The zero-order valence-electron chi connectivity index (χ0n) is 21.1. The van der Waals surface area contributed by atoms with Crippen LogP contribution in [0.5, 0.6) is 5.75 Å². The zero-order chi connectivity index (χ0) is 27.0. The summed E-state index contributed by atoms with van der Waals surface area (Å²) in [6.07, 6.45) is 1.82. The van der Waals surface area contributed by atoms with Crippen molar-refractivity contribution < 1.29 is 31.5 Å². The van der Waals surface area contributed by atoms with Gasteiger partial charge in [-0.3, -0.25) is 13.9 Å². The van der Waals surface area contributed by atoms with Gasteiger partial charge in [0.25, 0.3) is 0 Å². The first kappa shape index (κ1) is 29.0. The Morgan fingerprint density at radius 2 is 1.67 bits per heavy atom. The largest absolute Gasteiger partial charge is 0.497 e. The fourth-order valence-corrected chi connectivity index (χ4v) is 4.38. The summed E-state index contributed by atoms with van der Waals surface area (Å²) >= 11 is 0. The first-order chi connectivity index (χ1) is 16.9. The van der Waals surface area contributed by atoms with Crippen LogP contribution in [0, 0.1) is 11.6 Å². The number of nitrogens with one attached hydrogen (secondary N) is 1. The van der Waals surface area contributed by atoms with Crippen molar-refractivity contribution in [2.75, 3.05) is 24.2 Å². The highest BCUT2D eigenvalue weighted by Crippen LogP contribution is 2.22. The van der Waals surface area contributed by atoms with Crippen molar-refractivity contribution >= 4 is 27.5 Å². The standard InChI is InChI=1S/C25H33F2N3O5S/c1-6-17(3)28-25(32)23(7-2)29(15-18-8-11-20(35-4)12-9-18)24(31)16-30(36(5,33)34)19-10-13-21(26)22(27)14-19/h8-14,17,23H,6-7,15-16H2,1-5H3,(H,28,32)/t17-,23+/m1/s1. The Labute approximate surface area is 211 Å². The number of carbonyl (C=O) groups excluding carboxylic acids is 2. The minimum atomic E-state index is -4.05. The predicted molar refractivity (Wildman–Crippen MR) is 134 cm³/mol. The lowest BCUT2D eigenvalue weighted by molar-refractivity contribution is -0.140. The van der Waals surface area contributed by atoms with E-state index < -0.39 is 40.2 Å². The number of nitrogens with zero attached hydrogens (tertiary/aromatic N) is 2. The van der Waals surface area contributed by atoms with Crippen molar-refractivity contribution in [3.63, 3.8) is 0 Å². The number of rotatable bonds is 12. The molecule has 8 nitrogen and oxygen atoms in total. The first-order valence-electron chi connectivity index (χ1n) is 11.6. The molecule has 1 N–H and O–H groups in total. The highest BCUT2D eigenvalue weighted by atomic mass is 32.2. The van der Waals surface area contributed by atoms with E-state index in [-0.39, 0.29) is 30.6 Å². The Balaban J connectivity index is 2.45. The highest BCUT2D eigenvalue weighted by molar-refractivity contribution is 7.92. The lowest BCUT2D eigenvalue weighted by Gasteiger charge is -2.33. The second kappa shape index (κ2) is 12.7. The molecule has 2 aromatic rings. The molecule has 2 rings (SSSR count). The lowest BCUT2D eigenvalue weighted by Crippen LogP contribution is -2.53. The second-order valence-electron chi connectivity index (χ2n) is 8.48. The summed E-state index contributed by atoms with van der Waals surface area (Å²) in [5, 5.41) is 2.87. The van der Waals surface area contributed by atoms with Gasteiger partial charge < -0.3 is 15.0 Å². The molecule has 0 aliphatic rings. The van der Waals surface area contributed by atoms with Crippen LogP contribution >= 0.6 is 0 Å². The smallest absolute Gasteiger partial charge is 0.244 e. The maximum Gasteiger partial charge on any atom is 0.244 e. The van der Waals surface area contributed by atoms with E-state index in [0.29, 0.717) is 28.1 Å². The molecule has 198 valence electrons. The average molecular weight is 526 g/mol. The average Bonchev–Trinajstić information content (AvgIpc) is 2.83. The van der Waals surface area contributed by atoms with E-state index in [4.69, 9.17) is 4.74 Å². The molecule has 0 aliphatic carbocycles. The van der Waals surface area contributed by atoms with E-state index in [2.05, 4.69) is 5.32 Å². The van der Waals surface area contributed by atoms with E-state index in [1.807, 2.05) is 13.8 Å². The Kier molecular flexibility index (Phi) is 10.2. The molecule has 0 aromatic heterocycles. The van der Waals surface area contributed by atoms with E-state index in [0.717, 1.165) is 18.4 Å². The van der Waals surface area contributed by atoms with Crippen molar-refractivity contribution in [2.24, 2.45) is 0 Å². The minimum Gasteiger partial charge on any atom is -0.497 e. The molecule has 0 saturated heterocycles. The van der Waals surface area contributed by atoms with Crippen LogP contribution in [-0.2, 0) is 26.2 Å². The highest BCUT2D eigenvalue weighted by Gasteiger charge is 2.32. The summed E-state index contributed by atoms with van der Waals surface area (Å²) in [7, 11) is -2.53. The number of sulfonamides is 1. The summed E-state index contributed by atoms with van der Waals surface area (Å²) < 4.78 is 58.2. The van der Waals surface area contributed by atoms with Crippen LogP contribution in [0.2, 0.25) is 0 Å². The van der Waals surface area contributed by atoms with Gasteiger partial charge in [-0.1, -0.05) is 26.0 Å². The number of halogens is 2. The second-order valence-corrected chi connectivity index (χ2v) is 10.4. The molecule has 0 heterocycles. The zero-order valence-corrected chi connectivity index (χ0v) is 21.9. The number of carbonyl (C=O) groups is 2. The van der Waals surface area contributed by atoms with Crippen LogP contribution in [0.3, 0.4) is 0 Å². The van der Waals surface area contributed by atoms with Crippen molar-refractivity contribution in [1.82, 2.24) is 10.2 Å². The topological polar surface area (TPSA) is 96.0 Å². The van der Waals surface area contributed by atoms with Crippen LogP contribution in [0.1, 0.15) is 39.2 Å². The normalized spacial score (nSPS) is 13.0. The summed E-state index contributed by atoms with van der Waals surface area (Å²) in [6.45, 7) is 4.82. The number of ether oxygens (including phenoxy) is 1. The van der Waals surface area contributed by atoms with Crippen LogP contribution in [0.25, 0.3) is 0 Å². The summed E-state index contributed by atoms with van der Waals surface area (Å²) in [4.78, 5) is 27.9. The van der Waals surface area contributed by atoms with Crippen molar-refractivity contribution in [3.8, 4) is 5.75 Å². The number of methoxy groups -OCH3 is 1. The molecule has 0 bridgehead atoms. The fourth-order valence-electron chi connectivity index (χ4n) is 3.54. The van der Waals surface area contributed by atoms with Crippen molar-refractivity contribution in [2.45, 2.75) is 52.2 Å². The van der Waals surface area contributed by atoms with Crippen molar-refractivity contribution in [3.05, 3.63) is 59.7 Å². The minimum absolute atomic E-state index is 0.0185. The SMILES string of the molecule is CC[C@@H](C)NC(=O)[C@H](CC)N(Cc1ccc(OC)cc1)C(=O)CN(c1ccc(F)c(F)c1)S(C)(=O)=O. The molecule has 0 unspecified atom stereocenters. The van der Waals surface area contributed by atoms with Gasteiger partial charge in [-0.25, -0.2) is 17.2 Å². The van der Waals surface area contributed by atoms with Gasteiger partial charge in [-0.05, 0) is 49.6 Å². The van der Waals surface area contributed by atoms with E-state index in [1.165, 1.54) is 12.0 Å². The maximum atomic E-state index is 13.9. The molecule has 2 atom stereocenters. The third kappa shape index (κ3) is 7.64. The molecule has 11 heteroatoms. The van der Waals surface area contributed by atoms with Gasteiger partial charge in [0, 0.05) is 18.7 Å². The van der Waals surface area contributed by atoms with Crippen LogP contribution < -0.4 is 14.4 Å². The molecule has 0 saturated carbocycles. The van der Waals surface area contributed by atoms with Gasteiger partial charge in [0.15, 0.2) is 11.6 Å². The van der Waals surface area contributed by atoms with Gasteiger partial charge in [0.2, 0.25) is 21.8 Å². The summed E-state index contributed by atoms with van der Waals surface area (Å²) in [5.74, 6) is -2.82. The molecule has 36 heavy (non-hydrogen) atoms. The molecule has 0 fully saturated rings. The Hall–Kier alpha value is -3.21. The quantitative estimate of drug-likeness (QED) is 0.458. The van der Waals surface area contributed by atoms with Gasteiger partial charge in [0.1, 0.15) is 18.3 Å². The monoisotopic (exact) mass is 525 g/mol. The third-order valence-corrected chi connectivity index (χ3v) is 6.91. The molecule has 2 aromatic carbocycles. The van der Waals surface area contributed by atoms with E-state index in [9.17, 15) is 26.8 Å². The molecule has 0 spiro atoms. The van der Waals surface area contributed by atoms with E-state index in [1.54, 1.807) is 31.2 Å². The Morgan fingerprint density at radius 1 is 1.03 bits per heavy atom. The van der Waals surface area contributed by atoms with Crippen molar-refractivity contribution in [1.29, 1.82) is 0 Å². The third-order valence-electron chi connectivity index (χ3n) is 5.77. The summed E-state index contributed by atoms with van der Waals surface area (Å²) in [5.41, 5.74) is 0.490. The number of anilines is 1. The van der Waals surface area contributed by atoms with Crippen LogP contribution in [0.15, 0.2) is 42.5 Å². The maximum absolute atomic E-state index is 13.9. The number of amides is 2. The molecule has 0 radical (unpaired) electrons. The Morgan fingerprint density at radius 3 is 2.17 bits per heavy atom. The number of hydrogen-bond acceptors (Lipinski definition) is 5. The summed E-state index contributed by atoms with van der Waals surface area (Å²) in [6, 6.07) is 8.46. The fraction of sp³-hybridized carbons (Fsp3) is 0.440. The van der Waals surface area contributed by atoms with Gasteiger partial charge >= 0.3 is 0 Å². The molecular formula is C25H33F2N3O5S. The molecular weight excluding hydrogens is 492 g/mol. The van der Waals surface area contributed by atoms with Crippen LogP contribution in [-0.4, -0.2) is 57.1 Å². The molecule has 0 aliphatic heterocycles. The van der Waals surface area contributed by atoms with Gasteiger partial charge in [-0.15, -0.1) is 0 Å². The van der Waals surface area contributed by atoms with Crippen LogP contribution in [0.4, 0.5) is 14.5 Å². The predicted octanol–water partition coefficient (Wildman–Crippen LogP) is 3.46. The van der Waals surface area contributed by atoms with E-state index >= 15 is 0 Å². The molecule has 2 amide bonds. The Bertz CT molecular complexity index is 1160. The number of hydrogen-bond donors (Lipinski definition) is 1. The number of benzene rings is 2. The van der Waals surface area contributed by atoms with Gasteiger partial charge in [0.05, 0.1) is 19.1 Å². The van der Waals surface area contributed by atoms with Gasteiger partial charge in [-0.2, -0.15) is 0 Å². The first-order valence-corrected chi connectivity index (χ1v) is 13.4. The lowest BCUT2D eigenvalue weighted by atomic mass is 10.1.